The SMILES string of the molecule is O=C1[C@H]2CCCC[C@@H]2C(=O)N1Cc1ccc(Oc2cccnc2)c(F)c1. The van der Waals surface area contributed by atoms with Crippen LogP contribution in [0.5, 0.6) is 11.5 Å². The number of imide groups is 1. The van der Waals surface area contributed by atoms with E-state index in [0.29, 0.717) is 11.3 Å². The van der Waals surface area contributed by atoms with Gasteiger partial charge in [0.05, 0.1) is 24.6 Å². The fraction of sp³-hybridized carbons (Fsp3) is 0.350. The second kappa shape index (κ2) is 6.86. The fourth-order valence-corrected chi connectivity index (χ4v) is 3.83. The molecule has 0 spiro atoms. The van der Waals surface area contributed by atoms with Crippen LogP contribution in [0.1, 0.15) is 31.2 Å². The normalized spacial score (nSPS) is 22.4. The van der Waals surface area contributed by atoms with Crippen LogP contribution >= 0.6 is 0 Å². The summed E-state index contributed by atoms with van der Waals surface area (Å²) >= 11 is 0. The highest BCUT2D eigenvalue weighted by Crippen LogP contribution is 2.38. The minimum absolute atomic E-state index is 0.0782. The van der Waals surface area contributed by atoms with Gasteiger partial charge in [-0.1, -0.05) is 18.9 Å². The molecular formula is C20H19FN2O3. The zero-order valence-electron chi connectivity index (χ0n) is 14.2. The third-order valence-electron chi connectivity index (χ3n) is 5.13. The molecule has 6 heteroatoms. The van der Waals surface area contributed by atoms with E-state index in [1.54, 1.807) is 24.4 Å². The molecule has 2 fully saturated rings. The highest BCUT2D eigenvalue weighted by atomic mass is 19.1. The predicted molar refractivity (Wildman–Crippen MR) is 91.7 cm³/mol. The van der Waals surface area contributed by atoms with Gasteiger partial charge >= 0.3 is 0 Å². The number of nitrogens with zero attached hydrogens (tertiary/aromatic N) is 2. The Hall–Kier alpha value is -2.76. The van der Waals surface area contributed by atoms with Gasteiger partial charge in [0.25, 0.3) is 0 Å². The molecule has 2 aliphatic rings. The van der Waals surface area contributed by atoms with Gasteiger partial charge in [0, 0.05) is 6.20 Å². The highest BCUT2D eigenvalue weighted by Gasteiger charge is 2.47. The van der Waals surface area contributed by atoms with Crippen molar-refractivity contribution in [3.8, 4) is 11.5 Å². The number of carbonyl (C=O) groups is 2. The van der Waals surface area contributed by atoms with Gasteiger partial charge < -0.3 is 4.74 Å². The quantitative estimate of drug-likeness (QED) is 0.786. The molecular weight excluding hydrogens is 335 g/mol. The van der Waals surface area contributed by atoms with Crippen molar-refractivity contribution < 1.29 is 18.7 Å². The van der Waals surface area contributed by atoms with Crippen LogP contribution in [0, 0.1) is 17.7 Å². The lowest BCUT2D eigenvalue weighted by atomic mass is 9.81. The standard InChI is InChI=1S/C20H19FN2O3/c21-17-10-13(7-8-18(17)26-14-4-3-9-22-11-14)12-23-19(24)15-5-1-2-6-16(15)20(23)25/h3-4,7-11,15-16H,1-2,5-6,12H2/t15-,16-/m0/s1. The Bertz CT molecular complexity index is 816. The van der Waals surface area contributed by atoms with Crippen LogP contribution in [0.3, 0.4) is 0 Å². The average molecular weight is 354 g/mol. The maximum atomic E-state index is 14.4. The summed E-state index contributed by atoms with van der Waals surface area (Å²) in [5.74, 6) is -0.624. The number of ether oxygens (including phenoxy) is 1. The predicted octanol–water partition coefficient (Wildman–Crippen LogP) is 3.69. The lowest BCUT2D eigenvalue weighted by molar-refractivity contribution is -0.140. The summed E-state index contributed by atoms with van der Waals surface area (Å²) in [6.07, 6.45) is 6.63. The van der Waals surface area contributed by atoms with Gasteiger partial charge in [-0.05, 0) is 42.7 Å². The molecule has 1 aromatic carbocycles. The lowest BCUT2D eigenvalue weighted by Crippen LogP contribution is -2.30. The van der Waals surface area contributed by atoms with Crippen LogP contribution in [-0.2, 0) is 16.1 Å². The van der Waals surface area contributed by atoms with E-state index in [4.69, 9.17) is 4.74 Å². The first-order valence-corrected chi connectivity index (χ1v) is 8.85. The van der Waals surface area contributed by atoms with Crippen LogP contribution in [0.25, 0.3) is 0 Å². The second-order valence-electron chi connectivity index (χ2n) is 6.82. The van der Waals surface area contributed by atoms with Crippen molar-refractivity contribution in [1.29, 1.82) is 0 Å². The molecule has 2 heterocycles. The largest absolute Gasteiger partial charge is 0.453 e. The molecule has 0 bridgehead atoms. The van der Waals surface area contributed by atoms with Gasteiger partial charge in [-0.15, -0.1) is 0 Å². The van der Waals surface area contributed by atoms with Gasteiger partial charge in [-0.25, -0.2) is 4.39 Å². The minimum atomic E-state index is -0.539. The molecule has 2 amide bonds. The molecule has 134 valence electrons. The summed E-state index contributed by atoms with van der Waals surface area (Å²) < 4.78 is 19.8. The molecule has 2 atom stereocenters. The molecule has 0 N–H and O–H groups in total. The molecule has 5 nitrogen and oxygen atoms in total. The Morgan fingerprint density at radius 1 is 1.12 bits per heavy atom. The number of halogens is 1. The number of fused-ring (bicyclic) bond motifs is 1. The van der Waals surface area contributed by atoms with Crippen molar-refractivity contribution in [2.24, 2.45) is 11.8 Å². The number of carbonyl (C=O) groups excluding carboxylic acids is 2. The van der Waals surface area contributed by atoms with Gasteiger partial charge in [0.15, 0.2) is 11.6 Å². The van der Waals surface area contributed by atoms with E-state index in [-0.39, 0.29) is 35.9 Å². The second-order valence-corrected chi connectivity index (χ2v) is 6.82. The molecule has 0 unspecified atom stereocenters. The van der Waals surface area contributed by atoms with Crippen molar-refractivity contribution >= 4 is 11.8 Å². The number of benzene rings is 1. The molecule has 26 heavy (non-hydrogen) atoms. The van der Waals surface area contributed by atoms with Crippen LogP contribution < -0.4 is 4.74 Å². The monoisotopic (exact) mass is 354 g/mol. The number of amides is 2. The summed E-state index contributed by atoms with van der Waals surface area (Å²) in [6.45, 7) is 0.106. The van der Waals surface area contributed by atoms with E-state index < -0.39 is 5.82 Å². The van der Waals surface area contributed by atoms with E-state index in [1.807, 2.05) is 0 Å². The Labute approximate surface area is 150 Å². The number of hydrogen-bond acceptors (Lipinski definition) is 4. The van der Waals surface area contributed by atoms with E-state index in [2.05, 4.69) is 4.98 Å². The zero-order valence-corrected chi connectivity index (χ0v) is 14.2. The topological polar surface area (TPSA) is 59.5 Å². The molecule has 1 aromatic heterocycles. The summed E-state index contributed by atoms with van der Waals surface area (Å²) in [5.41, 5.74) is 0.571. The number of likely N-dealkylation sites (tertiary alicyclic amines) is 1. The molecule has 1 saturated heterocycles. The number of pyridine rings is 1. The van der Waals surface area contributed by atoms with Gasteiger partial charge in [-0.3, -0.25) is 19.5 Å². The van der Waals surface area contributed by atoms with Crippen LogP contribution in [-0.4, -0.2) is 21.7 Å². The van der Waals surface area contributed by atoms with Gasteiger partial charge in [0.1, 0.15) is 5.75 Å². The van der Waals surface area contributed by atoms with Gasteiger partial charge in [-0.2, -0.15) is 0 Å². The van der Waals surface area contributed by atoms with Crippen LogP contribution in [0.4, 0.5) is 4.39 Å². The number of hydrogen-bond donors (Lipinski definition) is 0. The minimum Gasteiger partial charge on any atom is -0.453 e. The smallest absolute Gasteiger partial charge is 0.233 e. The average Bonchev–Trinajstić information content (AvgIpc) is 2.90. The van der Waals surface area contributed by atoms with Crippen LogP contribution in [0.2, 0.25) is 0 Å². The fourth-order valence-electron chi connectivity index (χ4n) is 3.83. The summed E-state index contributed by atoms with van der Waals surface area (Å²) in [6, 6.07) is 7.89. The summed E-state index contributed by atoms with van der Waals surface area (Å²) in [5, 5.41) is 0. The van der Waals surface area contributed by atoms with Crippen molar-refractivity contribution in [2.75, 3.05) is 0 Å². The van der Waals surface area contributed by atoms with Crippen molar-refractivity contribution in [3.63, 3.8) is 0 Å². The van der Waals surface area contributed by atoms with E-state index in [0.717, 1.165) is 25.7 Å². The lowest BCUT2D eigenvalue weighted by Gasteiger charge is -2.19. The van der Waals surface area contributed by atoms with Crippen molar-refractivity contribution in [2.45, 2.75) is 32.2 Å². The highest BCUT2D eigenvalue weighted by molar-refractivity contribution is 6.05. The molecule has 2 aromatic rings. The van der Waals surface area contributed by atoms with Crippen molar-refractivity contribution in [3.05, 3.63) is 54.1 Å². The molecule has 4 rings (SSSR count). The first kappa shape index (κ1) is 16.7. The Morgan fingerprint density at radius 3 is 2.46 bits per heavy atom. The van der Waals surface area contributed by atoms with Crippen LogP contribution in [0.15, 0.2) is 42.7 Å². The summed E-state index contributed by atoms with van der Waals surface area (Å²) in [7, 11) is 0. The Balaban J connectivity index is 1.49. The summed E-state index contributed by atoms with van der Waals surface area (Å²) in [4.78, 5) is 30.3. The molecule has 1 aliphatic carbocycles. The maximum absolute atomic E-state index is 14.4. The van der Waals surface area contributed by atoms with E-state index in [9.17, 15) is 14.0 Å². The number of aromatic nitrogens is 1. The van der Waals surface area contributed by atoms with E-state index in [1.165, 1.54) is 23.2 Å². The first-order chi connectivity index (χ1) is 12.6. The maximum Gasteiger partial charge on any atom is 0.233 e. The molecule has 1 saturated carbocycles. The number of rotatable bonds is 4. The third kappa shape index (κ3) is 3.07. The molecule has 1 aliphatic heterocycles. The Kier molecular flexibility index (Phi) is 4.41. The third-order valence-corrected chi connectivity index (χ3v) is 5.13. The zero-order chi connectivity index (χ0) is 18.1. The molecule has 0 radical (unpaired) electrons. The Morgan fingerprint density at radius 2 is 1.85 bits per heavy atom. The van der Waals surface area contributed by atoms with Gasteiger partial charge in [0.2, 0.25) is 11.8 Å². The van der Waals surface area contributed by atoms with E-state index >= 15 is 0 Å². The van der Waals surface area contributed by atoms with Crippen molar-refractivity contribution in [1.82, 2.24) is 9.88 Å². The first-order valence-electron chi connectivity index (χ1n) is 8.85.